The third-order valence-electron chi connectivity index (χ3n) is 3.34. The number of nitrogens with one attached hydrogen (secondary N) is 1. The molecule has 0 amide bonds. The van der Waals surface area contributed by atoms with E-state index in [1.807, 2.05) is 35.7 Å². The zero-order valence-corrected chi connectivity index (χ0v) is 12.3. The molecular formula is C14H10ClN5S. The van der Waals surface area contributed by atoms with Gasteiger partial charge in [0.15, 0.2) is 0 Å². The summed E-state index contributed by atoms with van der Waals surface area (Å²) in [6, 6.07) is 11.7. The quantitative estimate of drug-likeness (QED) is 0.787. The molecule has 0 aliphatic carbocycles. The molecule has 1 aliphatic rings. The largest absolute Gasteiger partial charge is 0.322 e. The van der Waals surface area contributed by atoms with Crippen LogP contribution in [0.5, 0.6) is 0 Å². The Balaban J connectivity index is 1.87. The molecule has 1 atom stereocenters. The van der Waals surface area contributed by atoms with Crippen LogP contribution in [0, 0.1) is 0 Å². The number of aromatic nitrogens is 4. The minimum atomic E-state index is -0.123. The van der Waals surface area contributed by atoms with Crippen molar-refractivity contribution in [1.82, 2.24) is 20.2 Å². The fraction of sp³-hybridized carbons (Fsp3) is 0.0714. The summed E-state index contributed by atoms with van der Waals surface area (Å²) in [4.78, 5) is 1.14. The number of thiophene rings is 1. The molecule has 0 saturated heterocycles. The second kappa shape index (κ2) is 4.98. The Morgan fingerprint density at radius 1 is 1.19 bits per heavy atom. The molecule has 3 heterocycles. The van der Waals surface area contributed by atoms with Crippen LogP contribution in [0.25, 0.3) is 5.70 Å². The van der Waals surface area contributed by atoms with E-state index in [9.17, 15) is 0 Å². The number of hydrogen-bond donors (Lipinski definition) is 1. The molecule has 0 saturated carbocycles. The number of benzene rings is 1. The lowest BCUT2D eigenvalue weighted by atomic mass is 10.0. The van der Waals surface area contributed by atoms with Crippen molar-refractivity contribution in [1.29, 1.82) is 0 Å². The van der Waals surface area contributed by atoms with E-state index in [0.29, 0.717) is 11.0 Å². The first-order valence-electron chi connectivity index (χ1n) is 6.38. The minimum absolute atomic E-state index is 0.123. The summed E-state index contributed by atoms with van der Waals surface area (Å²) in [6.07, 6.45) is 2.09. The van der Waals surface area contributed by atoms with Crippen molar-refractivity contribution in [3.63, 3.8) is 0 Å². The van der Waals surface area contributed by atoms with Crippen LogP contribution in [0.2, 0.25) is 5.02 Å². The molecule has 104 valence electrons. The molecular weight excluding hydrogens is 306 g/mol. The summed E-state index contributed by atoms with van der Waals surface area (Å²) in [6.45, 7) is 0. The Labute approximate surface area is 129 Å². The monoisotopic (exact) mass is 315 g/mol. The number of allylic oxidation sites excluding steroid dienone is 1. The lowest BCUT2D eigenvalue weighted by molar-refractivity contribution is 0.586. The van der Waals surface area contributed by atoms with Crippen molar-refractivity contribution in [2.24, 2.45) is 0 Å². The van der Waals surface area contributed by atoms with E-state index in [-0.39, 0.29) is 6.04 Å². The fourth-order valence-electron chi connectivity index (χ4n) is 2.37. The number of nitrogens with zero attached hydrogens (tertiary/aromatic N) is 4. The Bertz CT molecular complexity index is 808. The van der Waals surface area contributed by atoms with Gasteiger partial charge in [-0.2, -0.15) is 4.68 Å². The van der Waals surface area contributed by atoms with Crippen LogP contribution < -0.4 is 5.32 Å². The van der Waals surface area contributed by atoms with E-state index in [1.165, 1.54) is 0 Å². The van der Waals surface area contributed by atoms with Crippen LogP contribution in [-0.4, -0.2) is 20.2 Å². The molecule has 0 radical (unpaired) electrons. The Hall–Kier alpha value is -2.18. The smallest absolute Gasteiger partial charge is 0.248 e. The highest BCUT2D eigenvalue weighted by Crippen LogP contribution is 2.35. The molecule has 0 bridgehead atoms. The van der Waals surface area contributed by atoms with Crippen molar-refractivity contribution in [3.05, 3.63) is 63.3 Å². The first-order valence-corrected chi connectivity index (χ1v) is 7.64. The van der Waals surface area contributed by atoms with E-state index in [4.69, 9.17) is 11.6 Å². The summed E-state index contributed by atoms with van der Waals surface area (Å²) in [7, 11) is 0. The molecule has 5 nitrogen and oxygen atoms in total. The summed E-state index contributed by atoms with van der Waals surface area (Å²) in [5.74, 6) is 0.616. The van der Waals surface area contributed by atoms with Crippen LogP contribution in [0.15, 0.2) is 47.9 Å². The number of hydrogen-bond acceptors (Lipinski definition) is 5. The van der Waals surface area contributed by atoms with Gasteiger partial charge in [-0.1, -0.05) is 41.0 Å². The van der Waals surface area contributed by atoms with Crippen molar-refractivity contribution < 1.29 is 0 Å². The normalized spacial score (nSPS) is 17.0. The second-order valence-corrected chi connectivity index (χ2v) is 5.95. The van der Waals surface area contributed by atoms with Crippen LogP contribution in [-0.2, 0) is 0 Å². The van der Waals surface area contributed by atoms with Crippen LogP contribution >= 0.6 is 22.9 Å². The fourth-order valence-corrected chi connectivity index (χ4v) is 3.32. The third-order valence-corrected chi connectivity index (χ3v) is 4.59. The van der Waals surface area contributed by atoms with Crippen LogP contribution in [0.3, 0.4) is 0 Å². The van der Waals surface area contributed by atoms with E-state index < -0.39 is 0 Å². The van der Waals surface area contributed by atoms with Gasteiger partial charge in [0.2, 0.25) is 5.95 Å². The molecule has 1 aromatic carbocycles. The highest BCUT2D eigenvalue weighted by Gasteiger charge is 2.25. The topological polar surface area (TPSA) is 55.6 Å². The van der Waals surface area contributed by atoms with Crippen LogP contribution in [0.1, 0.15) is 16.5 Å². The third kappa shape index (κ3) is 2.12. The summed E-state index contributed by atoms with van der Waals surface area (Å²) >= 11 is 8.00. The lowest BCUT2D eigenvalue weighted by Crippen LogP contribution is -2.20. The Kier molecular flexibility index (Phi) is 2.98. The van der Waals surface area contributed by atoms with Crippen molar-refractivity contribution in [3.8, 4) is 0 Å². The standard InChI is InChI=1S/C14H10ClN5S/c15-10-5-2-1-4-9(10)12-8-11(13-6-3-7-21-13)16-14-17-18-19-20(12)14/h1-8,12H,(H,16,17,19). The van der Waals surface area contributed by atoms with Gasteiger partial charge in [-0.05, 0) is 39.6 Å². The zero-order valence-electron chi connectivity index (χ0n) is 10.8. The second-order valence-electron chi connectivity index (χ2n) is 4.60. The van der Waals surface area contributed by atoms with Crippen LogP contribution in [0.4, 0.5) is 5.95 Å². The zero-order chi connectivity index (χ0) is 14.2. The van der Waals surface area contributed by atoms with Crippen molar-refractivity contribution in [2.45, 2.75) is 6.04 Å². The maximum absolute atomic E-state index is 6.33. The molecule has 2 aromatic heterocycles. The van der Waals surface area contributed by atoms with Gasteiger partial charge in [-0.15, -0.1) is 11.3 Å². The summed E-state index contributed by atoms with van der Waals surface area (Å²) in [5, 5.41) is 17.8. The Morgan fingerprint density at radius 3 is 2.90 bits per heavy atom. The van der Waals surface area contributed by atoms with Crippen molar-refractivity contribution in [2.75, 3.05) is 5.32 Å². The SMILES string of the molecule is Clc1ccccc1C1C=C(c2cccs2)Nc2nnnn21. The summed E-state index contributed by atoms with van der Waals surface area (Å²) in [5.41, 5.74) is 1.97. The van der Waals surface area contributed by atoms with Gasteiger partial charge in [0, 0.05) is 5.02 Å². The number of fused-ring (bicyclic) bond motifs is 1. The van der Waals surface area contributed by atoms with Gasteiger partial charge in [-0.3, -0.25) is 0 Å². The van der Waals surface area contributed by atoms with Gasteiger partial charge in [0.05, 0.1) is 10.6 Å². The van der Waals surface area contributed by atoms with Gasteiger partial charge in [0.1, 0.15) is 6.04 Å². The molecule has 21 heavy (non-hydrogen) atoms. The number of rotatable bonds is 2. The highest BCUT2D eigenvalue weighted by molar-refractivity contribution is 7.11. The molecule has 7 heteroatoms. The van der Waals surface area contributed by atoms with Gasteiger partial charge in [-0.25, -0.2) is 0 Å². The first-order chi connectivity index (χ1) is 10.3. The van der Waals surface area contributed by atoms with Gasteiger partial charge in [0.25, 0.3) is 0 Å². The molecule has 1 unspecified atom stereocenters. The predicted octanol–water partition coefficient (Wildman–Crippen LogP) is 3.44. The van der Waals surface area contributed by atoms with E-state index in [2.05, 4.69) is 33.0 Å². The molecule has 4 rings (SSSR count). The molecule has 0 spiro atoms. The number of halogens is 1. The van der Waals surface area contributed by atoms with Crippen molar-refractivity contribution >= 4 is 34.6 Å². The molecule has 0 fully saturated rings. The minimum Gasteiger partial charge on any atom is -0.322 e. The number of tetrazole rings is 1. The summed E-state index contributed by atoms with van der Waals surface area (Å²) < 4.78 is 1.73. The van der Waals surface area contributed by atoms with E-state index in [1.54, 1.807) is 16.0 Å². The van der Waals surface area contributed by atoms with Gasteiger partial charge >= 0.3 is 0 Å². The predicted molar refractivity (Wildman–Crippen MR) is 83.3 cm³/mol. The molecule has 1 N–H and O–H groups in total. The average molecular weight is 316 g/mol. The molecule has 3 aromatic rings. The van der Waals surface area contributed by atoms with E-state index >= 15 is 0 Å². The van der Waals surface area contributed by atoms with E-state index in [0.717, 1.165) is 16.1 Å². The Morgan fingerprint density at radius 2 is 2.10 bits per heavy atom. The maximum Gasteiger partial charge on any atom is 0.248 e. The first kappa shape index (κ1) is 12.6. The highest BCUT2D eigenvalue weighted by atomic mass is 35.5. The lowest BCUT2D eigenvalue weighted by Gasteiger charge is -2.23. The maximum atomic E-state index is 6.33. The average Bonchev–Trinajstić information content (AvgIpc) is 3.18. The number of anilines is 1. The molecule has 1 aliphatic heterocycles. The van der Waals surface area contributed by atoms with Gasteiger partial charge < -0.3 is 5.32 Å².